The molecule has 1 aliphatic heterocycles. The summed E-state index contributed by atoms with van der Waals surface area (Å²) in [4.78, 5) is 2.52. The molecule has 0 radical (unpaired) electrons. The molecule has 0 bridgehead atoms. The summed E-state index contributed by atoms with van der Waals surface area (Å²) in [6.45, 7) is 5.01. The van der Waals surface area contributed by atoms with Gasteiger partial charge in [0.05, 0.1) is 25.1 Å². The van der Waals surface area contributed by atoms with E-state index in [2.05, 4.69) is 20.9 Å². The zero-order valence-corrected chi connectivity index (χ0v) is 14.0. The fourth-order valence-electron chi connectivity index (χ4n) is 3.93. The lowest BCUT2D eigenvalue weighted by Crippen LogP contribution is -2.37. The fourth-order valence-corrected chi connectivity index (χ4v) is 3.93. The highest BCUT2D eigenvalue weighted by atomic mass is 16.5. The highest BCUT2D eigenvalue weighted by Gasteiger charge is 2.25. The van der Waals surface area contributed by atoms with Crippen molar-refractivity contribution >= 4 is 0 Å². The van der Waals surface area contributed by atoms with Crippen molar-refractivity contribution in [3.63, 3.8) is 0 Å². The molecule has 5 heteroatoms. The molecule has 1 saturated heterocycles. The molecule has 4 rings (SSSR count). The maximum absolute atomic E-state index is 9.49. The van der Waals surface area contributed by atoms with Crippen molar-refractivity contribution < 1.29 is 9.84 Å². The van der Waals surface area contributed by atoms with E-state index in [0.29, 0.717) is 11.7 Å². The van der Waals surface area contributed by atoms with Crippen LogP contribution in [0.5, 0.6) is 5.75 Å². The number of hydrogen-bond acceptors (Lipinski definition) is 4. The highest BCUT2D eigenvalue weighted by Crippen LogP contribution is 2.35. The molecule has 24 heavy (non-hydrogen) atoms. The molecule has 1 aromatic carbocycles. The molecule has 0 spiro atoms. The van der Waals surface area contributed by atoms with E-state index < -0.39 is 0 Å². The number of nitrogens with zero attached hydrogens (tertiary/aromatic N) is 3. The van der Waals surface area contributed by atoms with Crippen molar-refractivity contribution in [1.29, 1.82) is 0 Å². The first-order chi connectivity index (χ1) is 11.8. The maximum atomic E-state index is 9.49. The van der Waals surface area contributed by atoms with E-state index in [1.165, 1.54) is 30.5 Å². The van der Waals surface area contributed by atoms with E-state index in [1.54, 1.807) is 12.1 Å². The third-order valence-corrected chi connectivity index (χ3v) is 5.30. The third kappa shape index (κ3) is 3.19. The van der Waals surface area contributed by atoms with Gasteiger partial charge in [-0.25, -0.2) is 4.68 Å². The number of phenols is 1. The van der Waals surface area contributed by atoms with Crippen LogP contribution in [-0.4, -0.2) is 52.6 Å². The second-order valence-corrected chi connectivity index (χ2v) is 6.81. The van der Waals surface area contributed by atoms with Gasteiger partial charge in [-0.15, -0.1) is 0 Å². The Morgan fingerprint density at radius 2 is 1.96 bits per heavy atom. The number of phenolic OH excluding ortho intramolecular Hbond substituents is 1. The molecule has 0 amide bonds. The lowest BCUT2D eigenvalue weighted by atomic mass is 9.84. The number of aromatic hydroxyl groups is 1. The van der Waals surface area contributed by atoms with Gasteiger partial charge in [-0.3, -0.25) is 4.90 Å². The van der Waals surface area contributed by atoms with E-state index >= 15 is 0 Å². The van der Waals surface area contributed by atoms with E-state index in [0.717, 1.165) is 45.0 Å². The molecular weight excluding hydrogens is 302 g/mol. The Morgan fingerprint density at radius 3 is 2.75 bits per heavy atom. The second kappa shape index (κ2) is 6.95. The predicted molar refractivity (Wildman–Crippen MR) is 92.8 cm³/mol. The quantitative estimate of drug-likeness (QED) is 0.938. The van der Waals surface area contributed by atoms with E-state index in [9.17, 15) is 5.11 Å². The SMILES string of the molecule is Oc1ccc(-n2ncc3c2CCCC3CCN2CCOCC2)cc1. The number of hydrogen-bond donors (Lipinski definition) is 1. The van der Waals surface area contributed by atoms with Crippen LogP contribution in [0.3, 0.4) is 0 Å². The highest BCUT2D eigenvalue weighted by molar-refractivity contribution is 5.40. The van der Waals surface area contributed by atoms with E-state index in [1.807, 2.05) is 12.1 Å². The first kappa shape index (κ1) is 15.7. The van der Waals surface area contributed by atoms with Crippen molar-refractivity contribution in [3.8, 4) is 11.4 Å². The standard InChI is InChI=1S/C19H25N3O2/c23-17-6-4-16(5-7-17)22-19-3-1-2-15(18(19)14-20-22)8-9-21-10-12-24-13-11-21/h4-7,14-15,23H,1-3,8-13H2. The lowest BCUT2D eigenvalue weighted by Gasteiger charge is -2.29. The first-order valence-electron chi connectivity index (χ1n) is 8.97. The van der Waals surface area contributed by atoms with Crippen molar-refractivity contribution in [1.82, 2.24) is 14.7 Å². The van der Waals surface area contributed by atoms with Crippen LogP contribution in [-0.2, 0) is 11.2 Å². The summed E-state index contributed by atoms with van der Waals surface area (Å²) in [6.07, 6.45) is 6.84. The van der Waals surface area contributed by atoms with Crippen molar-refractivity contribution in [2.75, 3.05) is 32.8 Å². The summed E-state index contributed by atoms with van der Waals surface area (Å²) >= 11 is 0. The second-order valence-electron chi connectivity index (χ2n) is 6.81. The molecule has 1 atom stereocenters. The molecule has 0 saturated carbocycles. The Balaban J connectivity index is 1.50. The first-order valence-corrected chi connectivity index (χ1v) is 8.97. The topological polar surface area (TPSA) is 50.5 Å². The van der Waals surface area contributed by atoms with Gasteiger partial charge in [0.15, 0.2) is 0 Å². The number of aromatic nitrogens is 2. The number of benzene rings is 1. The number of ether oxygens (including phenoxy) is 1. The van der Waals surface area contributed by atoms with Crippen LogP contribution in [0.25, 0.3) is 5.69 Å². The minimum atomic E-state index is 0.295. The van der Waals surface area contributed by atoms with E-state index in [-0.39, 0.29) is 0 Å². The van der Waals surface area contributed by atoms with Crippen LogP contribution >= 0.6 is 0 Å². The number of morpholine rings is 1. The smallest absolute Gasteiger partial charge is 0.115 e. The summed E-state index contributed by atoms with van der Waals surface area (Å²) in [7, 11) is 0. The Labute approximate surface area is 142 Å². The van der Waals surface area contributed by atoms with Crippen molar-refractivity contribution in [3.05, 3.63) is 41.7 Å². The monoisotopic (exact) mass is 327 g/mol. The minimum absolute atomic E-state index is 0.295. The van der Waals surface area contributed by atoms with Gasteiger partial charge in [0.1, 0.15) is 5.75 Å². The van der Waals surface area contributed by atoms with Crippen LogP contribution < -0.4 is 0 Å². The van der Waals surface area contributed by atoms with Gasteiger partial charge in [-0.2, -0.15) is 5.10 Å². The Kier molecular flexibility index (Phi) is 4.54. The molecule has 1 aromatic heterocycles. The molecule has 2 aliphatic rings. The summed E-state index contributed by atoms with van der Waals surface area (Å²) in [5, 5.41) is 14.1. The van der Waals surface area contributed by atoms with Crippen molar-refractivity contribution in [2.45, 2.75) is 31.6 Å². The average Bonchev–Trinajstić information content (AvgIpc) is 3.06. The number of rotatable bonds is 4. The molecule has 1 unspecified atom stereocenters. The van der Waals surface area contributed by atoms with Crippen LogP contribution in [0.2, 0.25) is 0 Å². The average molecular weight is 327 g/mol. The van der Waals surface area contributed by atoms with Gasteiger partial charge in [0, 0.05) is 18.8 Å². The van der Waals surface area contributed by atoms with Crippen molar-refractivity contribution in [2.24, 2.45) is 0 Å². The molecule has 5 nitrogen and oxygen atoms in total. The maximum Gasteiger partial charge on any atom is 0.115 e. The third-order valence-electron chi connectivity index (χ3n) is 5.30. The van der Waals surface area contributed by atoms with Gasteiger partial charge in [-0.1, -0.05) is 0 Å². The predicted octanol–water partition coefficient (Wildman–Crippen LogP) is 2.72. The molecule has 1 N–H and O–H groups in total. The van der Waals surface area contributed by atoms with Gasteiger partial charge >= 0.3 is 0 Å². The zero-order valence-electron chi connectivity index (χ0n) is 14.0. The largest absolute Gasteiger partial charge is 0.508 e. The minimum Gasteiger partial charge on any atom is -0.508 e. The van der Waals surface area contributed by atoms with Gasteiger partial charge in [0.25, 0.3) is 0 Å². The molecular formula is C19H25N3O2. The Morgan fingerprint density at radius 1 is 1.17 bits per heavy atom. The molecule has 2 aromatic rings. The summed E-state index contributed by atoms with van der Waals surface area (Å²) < 4.78 is 7.49. The van der Waals surface area contributed by atoms with Crippen LogP contribution in [0.1, 0.15) is 36.4 Å². The zero-order chi connectivity index (χ0) is 16.4. The molecule has 1 fully saturated rings. The summed E-state index contributed by atoms with van der Waals surface area (Å²) in [5.74, 6) is 0.908. The van der Waals surface area contributed by atoms with Crippen LogP contribution in [0, 0.1) is 0 Å². The molecule has 2 heterocycles. The van der Waals surface area contributed by atoms with Crippen LogP contribution in [0.15, 0.2) is 30.5 Å². The lowest BCUT2D eigenvalue weighted by molar-refractivity contribution is 0.0363. The molecule has 128 valence electrons. The van der Waals surface area contributed by atoms with Crippen LogP contribution in [0.4, 0.5) is 0 Å². The Hall–Kier alpha value is -1.85. The van der Waals surface area contributed by atoms with Gasteiger partial charge < -0.3 is 9.84 Å². The summed E-state index contributed by atoms with van der Waals surface area (Å²) in [6, 6.07) is 7.31. The van der Waals surface area contributed by atoms with E-state index in [4.69, 9.17) is 4.74 Å². The Bertz CT molecular complexity index is 674. The summed E-state index contributed by atoms with van der Waals surface area (Å²) in [5.41, 5.74) is 3.80. The molecule has 1 aliphatic carbocycles. The fraction of sp³-hybridized carbons (Fsp3) is 0.526. The van der Waals surface area contributed by atoms with Gasteiger partial charge in [0.2, 0.25) is 0 Å². The van der Waals surface area contributed by atoms with Gasteiger partial charge in [-0.05, 0) is 68.0 Å². The normalized spacial score (nSPS) is 21.6. The number of fused-ring (bicyclic) bond motifs is 1.